The number of rotatable bonds is 1. The van der Waals surface area contributed by atoms with Crippen molar-refractivity contribution in [3.63, 3.8) is 0 Å². The minimum absolute atomic E-state index is 0.0872. The Morgan fingerprint density at radius 1 is 1.26 bits per heavy atom. The van der Waals surface area contributed by atoms with Gasteiger partial charge in [0.25, 0.3) is 0 Å². The van der Waals surface area contributed by atoms with E-state index in [1.54, 1.807) is 0 Å². The molecule has 23 heavy (non-hydrogen) atoms. The molecular weight excluding hydrogens is 288 g/mol. The molecule has 0 aromatic rings. The SMILES string of the molecule is CC(=O)OC1CC[C@@H]2[C@H]3C=CC4=CC(=O)CC[C@H]4[C@@H]3CC[C@@]12C. The van der Waals surface area contributed by atoms with Crippen LogP contribution in [0.1, 0.15) is 52.4 Å². The molecule has 4 rings (SSSR count). The van der Waals surface area contributed by atoms with Crippen molar-refractivity contribution in [2.45, 2.75) is 58.5 Å². The van der Waals surface area contributed by atoms with E-state index in [2.05, 4.69) is 19.1 Å². The predicted octanol–water partition coefficient (Wildman–Crippen LogP) is 3.84. The summed E-state index contributed by atoms with van der Waals surface area (Å²) in [5.74, 6) is 2.59. The Morgan fingerprint density at radius 3 is 2.87 bits per heavy atom. The summed E-state index contributed by atoms with van der Waals surface area (Å²) in [7, 11) is 0. The molecule has 2 fully saturated rings. The first-order chi connectivity index (χ1) is 11.0. The Morgan fingerprint density at radius 2 is 2.09 bits per heavy atom. The molecule has 6 atom stereocenters. The van der Waals surface area contributed by atoms with E-state index >= 15 is 0 Å². The van der Waals surface area contributed by atoms with Gasteiger partial charge < -0.3 is 4.74 Å². The van der Waals surface area contributed by atoms with Gasteiger partial charge in [0.05, 0.1) is 0 Å². The summed E-state index contributed by atoms with van der Waals surface area (Å²) in [6, 6.07) is 0. The van der Waals surface area contributed by atoms with Crippen LogP contribution in [0.25, 0.3) is 0 Å². The zero-order valence-electron chi connectivity index (χ0n) is 14.1. The monoisotopic (exact) mass is 314 g/mol. The summed E-state index contributed by atoms with van der Waals surface area (Å²) in [6.07, 6.45) is 12.8. The van der Waals surface area contributed by atoms with Crippen molar-refractivity contribution < 1.29 is 14.3 Å². The standard InChI is InChI=1S/C20H26O3/c1-12(21)23-19-8-7-18-17-5-3-13-11-14(22)4-6-15(13)16(17)9-10-20(18,19)2/h3,5,11,15-19H,4,6-10H2,1-2H3/t15-,16+,17+,18-,19?,20-/m1/s1. The molecule has 0 aliphatic heterocycles. The van der Waals surface area contributed by atoms with Gasteiger partial charge in [0, 0.05) is 18.8 Å². The topological polar surface area (TPSA) is 43.4 Å². The Kier molecular flexibility index (Phi) is 3.51. The van der Waals surface area contributed by atoms with Crippen LogP contribution in [0.3, 0.4) is 0 Å². The first-order valence-corrected chi connectivity index (χ1v) is 9.09. The Bertz CT molecular complexity index is 602. The van der Waals surface area contributed by atoms with Gasteiger partial charge in [-0.2, -0.15) is 0 Å². The molecule has 1 unspecified atom stereocenters. The fourth-order valence-electron chi connectivity index (χ4n) is 6.00. The number of carbonyl (C=O) groups excluding carboxylic acids is 2. The quantitative estimate of drug-likeness (QED) is 0.691. The van der Waals surface area contributed by atoms with Gasteiger partial charge in [0.15, 0.2) is 5.78 Å². The molecule has 3 heteroatoms. The minimum Gasteiger partial charge on any atom is -0.462 e. The van der Waals surface area contributed by atoms with Crippen LogP contribution in [-0.4, -0.2) is 17.9 Å². The van der Waals surface area contributed by atoms with Crippen LogP contribution in [0, 0.1) is 29.1 Å². The number of ketones is 1. The highest BCUT2D eigenvalue weighted by molar-refractivity contribution is 5.91. The number of carbonyl (C=O) groups is 2. The van der Waals surface area contributed by atoms with Gasteiger partial charge >= 0.3 is 5.97 Å². The van der Waals surface area contributed by atoms with Crippen molar-refractivity contribution >= 4 is 11.8 Å². The molecule has 4 aliphatic carbocycles. The molecule has 0 amide bonds. The predicted molar refractivity (Wildman–Crippen MR) is 87.6 cm³/mol. The summed E-state index contributed by atoms with van der Waals surface area (Å²) in [6.45, 7) is 3.86. The lowest BCUT2D eigenvalue weighted by molar-refractivity contribution is -0.155. The Balaban J connectivity index is 1.62. The highest BCUT2D eigenvalue weighted by Crippen LogP contribution is 2.60. The average molecular weight is 314 g/mol. The summed E-state index contributed by atoms with van der Waals surface area (Å²) < 4.78 is 5.67. The number of esters is 1. The number of hydrogen-bond donors (Lipinski definition) is 0. The number of allylic oxidation sites excluding steroid dienone is 4. The maximum Gasteiger partial charge on any atom is 0.302 e. The molecule has 0 heterocycles. The van der Waals surface area contributed by atoms with Crippen LogP contribution in [0.2, 0.25) is 0 Å². The van der Waals surface area contributed by atoms with Gasteiger partial charge in [-0.15, -0.1) is 0 Å². The van der Waals surface area contributed by atoms with Crippen LogP contribution < -0.4 is 0 Å². The zero-order chi connectivity index (χ0) is 16.2. The normalized spacial score (nSPS) is 44.9. The smallest absolute Gasteiger partial charge is 0.302 e. The summed E-state index contributed by atoms with van der Waals surface area (Å²) in [5, 5.41) is 0. The van der Waals surface area contributed by atoms with E-state index < -0.39 is 0 Å². The van der Waals surface area contributed by atoms with E-state index in [9.17, 15) is 9.59 Å². The highest BCUT2D eigenvalue weighted by atomic mass is 16.5. The number of fused-ring (bicyclic) bond motifs is 5. The summed E-state index contributed by atoms with van der Waals surface area (Å²) in [4.78, 5) is 23.1. The van der Waals surface area contributed by atoms with E-state index in [1.807, 2.05) is 6.08 Å². The second-order valence-corrected chi connectivity index (χ2v) is 8.18. The van der Waals surface area contributed by atoms with Gasteiger partial charge in [-0.25, -0.2) is 0 Å². The van der Waals surface area contributed by atoms with Crippen LogP contribution in [0.15, 0.2) is 23.8 Å². The number of ether oxygens (including phenoxy) is 1. The molecule has 0 aromatic heterocycles. The summed E-state index contributed by atoms with van der Waals surface area (Å²) in [5.41, 5.74) is 1.39. The van der Waals surface area contributed by atoms with Crippen molar-refractivity contribution in [1.82, 2.24) is 0 Å². The molecule has 2 saturated carbocycles. The molecule has 0 radical (unpaired) electrons. The van der Waals surface area contributed by atoms with Crippen molar-refractivity contribution in [1.29, 1.82) is 0 Å². The Hall–Kier alpha value is -1.38. The number of hydrogen-bond acceptors (Lipinski definition) is 3. The Labute approximate surface area is 138 Å². The summed E-state index contributed by atoms with van der Waals surface area (Å²) >= 11 is 0. The average Bonchev–Trinajstić information content (AvgIpc) is 2.83. The largest absolute Gasteiger partial charge is 0.462 e. The lowest BCUT2D eigenvalue weighted by Crippen LogP contribution is -2.47. The van der Waals surface area contributed by atoms with Gasteiger partial charge in [-0.3, -0.25) is 9.59 Å². The molecule has 3 nitrogen and oxygen atoms in total. The van der Waals surface area contributed by atoms with Gasteiger partial charge in [0.1, 0.15) is 6.10 Å². The maximum absolute atomic E-state index is 11.7. The van der Waals surface area contributed by atoms with E-state index in [1.165, 1.54) is 18.9 Å². The van der Waals surface area contributed by atoms with Crippen LogP contribution in [-0.2, 0) is 14.3 Å². The molecule has 124 valence electrons. The molecule has 0 N–H and O–H groups in total. The fraction of sp³-hybridized carbons (Fsp3) is 0.700. The van der Waals surface area contributed by atoms with E-state index in [0.29, 0.717) is 30.1 Å². The van der Waals surface area contributed by atoms with Crippen molar-refractivity contribution in [2.75, 3.05) is 0 Å². The highest BCUT2D eigenvalue weighted by Gasteiger charge is 2.56. The third-order valence-corrected chi connectivity index (χ3v) is 7.09. The second kappa shape index (κ2) is 5.32. The second-order valence-electron chi connectivity index (χ2n) is 8.18. The van der Waals surface area contributed by atoms with Crippen LogP contribution in [0.5, 0.6) is 0 Å². The van der Waals surface area contributed by atoms with Gasteiger partial charge in [0.2, 0.25) is 0 Å². The van der Waals surface area contributed by atoms with Crippen LogP contribution >= 0.6 is 0 Å². The first-order valence-electron chi connectivity index (χ1n) is 9.09. The van der Waals surface area contributed by atoms with Crippen molar-refractivity contribution in [2.24, 2.45) is 29.1 Å². The zero-order valence-corrected chi connectivity index (χ0v) is 14.1. The first kappa shape index (κ1) is 15.2. The molecule has 0 spiro atoms. The van der Waals surface area contributed by atoms with Gasteiger partial charge in [-0.05, 0) is 67.4 Å². The van der Waals surface area contributed by atoms with E-state index in [-0.39, 0.29) is 23.3 Å². The minimum atomic E-state index is -0.144. The fourth-order valence-corrected chi connectivity index (χ4v) is 6.00. The third-order valence-electron chi connectivity index (χ3n) is 7.09. The van der Waals surface area contributed by atoms with Crippen molar-refractivity contribution in [3.05, 3.63) is 23.8 Å². The molecular formula is C20H26O3. The molecule has 0 bridgehead atoms. The third kappa shape index (κ3) is 2.31. The lowest BCUT2D eigenvalue weighted by Gasteiger charge is -2.51. The van der Waals surface area contributed by atoms with Crippen LogP contribution in [0.4, 0.5) is 0 Å². The maximum atomic E-state index is 11.7. The molecule has 4 aliphatic rings. The molecule has 0 aromatic carbocycles. The van der Waals surface area contributed by atoms with Gasteiger partial charge in [-0.1, -0.05) is 19.1 Å². The van der Waals surface area contributed by atoms with E-state index in [0.717, 1.165) is 25.7 Å². The molecule has 0 saturated heterocycles. The van der Waals surface area contributed by atoms with Crippen molar-refractivity contribution in [3.8, 4) is 0 Å². The lowest BCUT2D eigenvalue weighted by atomic mass is 9.54. The van der Waals surface area contributed by atoms with E-state index in [4.69, 9.17) is 4.74 Å².